The maximum Gasteiger partial charge on any atom is 0.187 e. The summed E-state index contributed by atoms with van der Waals surface area (Å²) in [6.07, 6.45) is 1.85. The predicted octanol–water partition coefficient (Wildman–Crippen LogP) is 4.10. The van der Waals surface area contributed by atoms with Crippen molar-refractivity contribution in [1.82, 2.24) is 4.98 Å². The van der Waals surface area contributed by atoms with E-state index in [2.05, 4.69) is 59.3 Å². The molecule has 1 aromatic heterocycles. The molecule has 0 unspecified atom stereocenters. The van der Waals surface area contributed by atoms with Crippen molar-refractivity contribution >= 4 is 24.1 Å². The molecule has 3 aromatic rings. The first kappa shape index (κ1) is 13.9. The van der Waals surface area contributed by atoms with Crippen molar-refractivity contribution in [1.29, 1.82) is 0 Å². The molecule has 0 fully saturated rings. The van der Waals surface area contributed by atoms with Crippen LogP contribution in [0.15, 0.2) is 60.8 Å². The summed E-state index contributed by atoms with van der Waals surface area (Å²) in [6.45, 7) is 12.0. The Balaban J connectivity index is 2.03. The van der Waals surface area contributed by atoms with Gasteiger partial charge in [0.25, 0.3) is 0 Å². The third kappa shape index (κ3) is 1.96. The summed E-state index contributed by atoms with van der Waals surface area (Å²) in [5, 5.41) is 2.81. The van der Waals surface area contributed by atoms with E-state index in [9.17, 15) is 0 Å². The summed E-state index contributed by atoms with van der Waals surface area (Å²) in [5.74, 6) is 0. The highest BCUT2D eigenvalue weighted by atomic mass is 28.3. The van der Waals surface area contributed by atoms with Gasteiger partial charge in [-0.15, -0.1) is 0 Å². The fourth-order valence-electron chi connectivity index (χ4n) is 3.67. The third-order valence-electron chi connectivity index (χ3n) is 4.73. The molecule has 0 saturated carbocycles. The van der Waals surface area contributed by atoms with E-state index < -0.39 is 8.07 Å². The van der Waals surface area contributed by atoms with Crippen molar-refractivity contribution in [3.8, 4) is 22.4 Å². The lowest BCUT2D eigenvalue weighted by Gasteiger charge is -2.22. The average Bonchev–Trinajstić information content (AvgIpc) is 2.83. The largest absolute Gasteiger partial charge is 0.256 e. The zero-order valence-electron chi connectivity index (χ0n) is 13.2. The topological polar surface area (TPSA) is 17.2 Å². The highest BCUT2D eigenvalue weighted by molar-refractivity contribution is 7.04. The number of benzene rings is 2. The molecule has 0 saturated heterocycles. The normalized spacial score (nSPS) is 14.0. The van der Waals surface area contributed by atoms with E-state index in [1.807, 2.05) is 24.4 Å². The molecule has 1 aliphatic heterocycles. The number of fused-ring (bicyclic) bond motifs is 3. The van der Waals surface area contributed by atoms with E-state index >= 15 is 0 Å². The Kier molecular flexibility index (Phi) is 2.97. The molecule has 2 aromatic carbocycles. The van der Waals surface area contributed by atoms with Crippen LogP contribution in [-0.4, -0.2) is 13.1 Å². The van der Waals surface area contributed by atoms with Gasteiger partial charge in [0.05, 0.1) is 12.3 Å². The van der Waals surface area contributed by atoms with Crippen LogP contribution in [0.1, 0.15) is 0 Å². The van der Waals surface area contributed by atoms with Gasteiger partial charge < -0.3 is 0 Å². The van der Waals surface area contributed by atoms with Crippen LogP contribution in [0.3, 0.4) is 0 Å². The Morgan fingerprint density at radius 3 is 2.48 bits per heavy atom. The second kappa shape index (κ2) is 4.90. The van der Waals surface area contributed by atoms with Crippen LogP contribution in [0, 0.1) is 6.57 Å². The molecule has 0 amide bonds. The van der Waals surface area contributed by atoms with Gasteiger partial charge in [-0.2, -0.15) is 0 Å². The van der Waals surface area contributed by atoms with Gasteiger partial charge in [0.1, 0.15) is 8.07 Å². The maximum absolute atomic E-state index is 7.30. The lowest BCUT2D eigenvalue weighted by atomic mass is 10.0. The maximum atomic E-state index is 7.30. The molecule has 0 atom stereocenters. The van der Waals surface area contributed by atoms with Crippen molar-refractivity contribution in [2.75, 3.05) is 0 Å². The van der Waals surface area contributed by atoms with Gasteiger partial charge in [-0.25, -0.2) is 4.85 Å². The summed E-state index contributed by atoms with van der Waals surface area (Å²) in [4.78, 5) is 8.18. The van der Waals surface area contributed by atoms with Crippen LogP contribution in [0.4, 0.5) is 5.69 Å². The Labute approximate surface area is 137 Å². The van der Waals surface area contributed by atoms with Crippen LogP contribution in [-0.2, 0) is 0 Å². The zero-order valence-corrected chi connectivity index (χ0v) is 14.2. The molecule has 3 heteroatoms. The number of hydrogen-bond acceptors (Lipinski definition) is 1. The summed E-state index contributed by atoms with van der Waals surface area (Å²) >= 11 is 0. The molecule has 0 bridgehead atoms. The van der Waals surface area contributed by atoms with Gasteiger partial charge in [0.2, 0.25) is 0 Å². The first-order valence-electron chi connectivity index (χ1n) is 7.70. The Morgan fingerprint density at radius 2 is 1.74 bits per heavy atom. The second-order valence-electron chi connectivity index (χ2n) is 6.41. The van der Waals surface area contributed by atoms with E-state index in [1.54, 1.807) is 0 Å². The first-order chi connectivity index (χ1) is 11.1. The summed E-state index contributed by atoms with van der Waals surface area (Å²) in [5.41, 5.74) is 5.61. The quantitative estimate of drug-likeness (QED) is 0.488. The third-order valence-corrected chi connectivity index (χ3v) is 8.28. The number of aromatic nitrogens is 1. The number of nitrogens with zero attached hydrogens (tertiary/aromatic N) is 2. The van der Waals surface area contributed by atoms with Gasteiger partial charge in [0, 0.05) is 11.8 Å². The molecule has 110 valence electrons. The molecule has 0 aliphatic carbocycles. The van der Waals surface area contributed by atoms with Crippen molar-refractivity contribution < 1.29 is 0 Å². The standard InChI is InChI=1S/C20H16N2Si/c1-21-14-10-11-15-16-7-6-8-17(18-9-4-5-12-22-18)20(16)23(2,3)19(15)13-14/h4-13H,2-3H3. The fourth-order valence-corrected chi connectivity index (χ4v) is 7.12. The molecule has 0 radical (unpaired) electrons. The summed E-state index contributed by atoms with van der Waals surface area (Å²) in [6, 6.07) is 18.7. The van der Waals surface area contributed by atoms with Crippen molar-refractivity contribution in [2.45, 2.75) is 13.1 Å². The molecular formula is C20H16N2Si. The molecular weight excluding hydrogens is 296 g/mol. The fraction of sp³-hybridized carbons (Fsp3) is 0.100. The SMILES string of the molecule is [C-]#[N+]c1ccc2c(c1)[Si](C)(C)c1c(-c3ccccn3)cccc1-2. The van der Waals surface area contributed by atoms with E-state index in [-0.39, 0.29) is 0 Å². The highest BCUT2D eigenvalue weighted by Crippen LogP contribution is 2.34. The molecule has 0 spiro atoms. The molecule has 2 heterocycles. The minimum atomic E-state index is -1.84. The van der Waals surface area contributed by atoms with Crippen LogP contribution >= 0.6 is 0 Å². The highest BCUT2D eigenvalue weighted by Gasteiger charge is 2.39. The molecule has 23 heavy (non-hydrogen) atoms. The molecule has 4 rings (SSSR count). The Morgan fingerprint density at radius 1 is 0.913 bits per heavy atom. The van der Waals surface area contributed by atoms with Gasteiger partial charge in [-0.3, -0.25) is 4.98 Å². The predicted molar refractivity (Wildman–Crippen MR) is 98.1 cm³/mol. The van der Waals surface area contributed by atoms with Crippen LogP contribution < -0.4 is 10.4 Å². The second-order valence-corrected chi connectivity index (χ2v) is 10.7. The van der Waals surface area contributed by atoms with Gasteiger partial charge in [-0.1, -0.05) is 60.7 Å². The monoisotopic (exact) mass is 312 g/mol. The Bertz CT molecular complexity index is 953. The van der Waals surface area contributed by atoms with E-state index in [0.29, 0.717) is 0 Å². The number of rotatable bonds is 1. The van der Waals surface area contributed by atoms with Crippen LogP contribution in [0.5, 0.6) is 0 Å². The lowest BCUT2D eigenvalue weighted by molar-refractivity contribution is 1.33. The smallest absolute Gasteiger partial charge is 0.187 e. The number of hydrogen-bond donors (Lipinski definition) is 0. The number of pyridine rings is 1. The zero-order chi connectivity index (χ0) is 16.0. The van der Waals surface area contributed by atoms with Crippen LogP contribution in [0.25, 0.3) is 27.2 Å². The minimum absolute atomic E-state index is 0.733. The van der Waals surface area contributed by atoms with Gasteiger partial charge in [0.15, 0.2) is 5.69 Å². The van der Waals surface area contributed by atoms with Crippen LogP contribution in [0.2, 0.25) is 13.1 Å². The first-order valence-corrected chi connectivity index (χ1v) is 10.7. The van der Waals surface area contributed by atoms with Crippen molar-refractivity contribution in [3.05, 3.63) is 72.2 Å². The van der Waals surface area contributed by atoms with Gasteiger partial charge >= 0.3 is 0 Å². The van der Waals surface area contributed by atoms with E-state index in [0.717, 1.165) is 11.4 Å². The van der Waals surface area contributed by atoms with Gasteiger partial charge in [-0.05, 0) is 28.4 Å². The summed E-state index contributed by atoms with van der Waals surface area (Å²) < 4.78 is 0. The van der Waals surface area contributed by atoms with E-state index in [1.165, 1.54) is 27.1 Å². The van der Waals surface area contributed by atoms with E-state index in [4.69, 9.17) is 6.57 Å². The minimum Gasteiger partial charge on any atom is -0.256 e. The van der Waals surface area contributed by atoms with Crippen molar-refractivity contribution in [3.63, 3.8) is 0 Å². The van der Waals surface area contributed by atoms with Crippen molar-refractivity contribution in [2.24, 2.45) is 0 Å². The Hall–Kier alpha value is -2.70. The lowest BCUT2D eigenvalue weighted by Crippen LogP contribution is -2.50. The molecule has 1 aliphatic rings. The molecule has 0 N–H and O–H groups in total. The average molecular weight is 312 g/mol. The molecule has 2 nitrogen and oxygen atoms in total. The summed E-state index contributed by atoms with van der Waals surface area (Å²) in [7, 11) is -1.84.